The topological polar surface area (TPSA) is 55.1 Å². The van der Waals surface area contributed by atoms with Crippen LogP contribution in [0.1, 0.15) is 27.0 Å². The van der Waals surface area contributed by atoms with Gasteiger partial charge in [0, 0.05) is 12.1 Å². The number of carbonyl (C=O) groups excluding carboxylic acids is 1. The van der Waals surface area contributed by atoms with Gasteiger partial charge in [-0.25, -0.2) is 4.98 Å². The van der Waals surface area contributed by atoms with E-state index in [1.54, 1.807) is 0 Å². The molecule has 1 aromatic heterocycles. The second-order valence-corrected chi connectivity index (χ2v) is 5.46. The number of nitrogens with one attached hydrogen (secondary N) is 1. The Balaban J connectivity index is 1.59. The molecule has 0 aliphatic heterocycles. The Kier molecular flexibility index (Phi) is 3.92. The summed E-state index contributed by atoms with van der Waals surface area (Å²) in [5.74, 6) is -0.0381. The van der Waals surface area contributed by atoms with E-state index in [2.05, 4.69) is 10.3 Å². The van der Waals surface area contributed by atoms with E-state index >= 15 is 0 Å². The van der Waals surface area contributed by atoms with E-state index in [1.165, 1.54) is 12.0 Å². The van der Waals surface area contributed by atoms with Crippen molar-refractivity contribution in [1.29, 1.82) is 0 Å². The molecule has 0 saturated carbocycles. The average molecular weight is 294 g/mol. The van der Waals surface area contributed by atoms with Crippen LogP contribution in [0.25, 0.3) is 11.1 Å². The molecule has 22 heavy (non-hydrogen) atoms. The van der Waals surface area contributed by atoms with Crippen LogP contribution in [0.3, 0.4) is 0 Å². The molecule has 1 amide bonds. The van der Waals surface area contributed by atoms with Gasteiger partial charge in [-0.15, -0.1) is 0 Å². The van der Waals surface area contributed by atoms with E-state index < -0.39 is 0 Å². The number of carbonyl (C=O) groups is 1. The fourth-order valence-corrected chi connectivity index (χ4v) is 2.36. The van der Waals surface area contributed by atoms with E-state index in [-0.39, 0.29) is 5.91 Å². The highest BCUT2D eigenvalue weighted by atomic mass is 16.3. The third-order valence-corrected chi connectivity index (χ3v) is 3.86. The van der Waals surface area contributed by atoms with Gasteiger partial charge in [-0.05, 0) is 61.2 Å². The van der Waals surface area contributed by atoms with Crippen molar-refractivity contribution in [2.45, 2.75) is 20.3 Å². The highest BCUT2D eigenvalue weighted by Gasteiger charge is 2.06. The number of aryl methyl sites for hydroxylation is 2. The summed E-state index contributed by atoms with van der Waals surface area (Å²) in [7, 11) is 0. The third-order valence-electron chi connectivity index (χ3n) is 3.86. The van der Waals surface area contributed by atoms with E-state index in [0.717, 1.165) is 28.6 Å². The van der Waals surface area contributed by atoms with Gasteiger partial charge in [0.1, 0.15) is 5.52 Å². The van der Waals surface area contributed by atoms with Gasteiger partial charge in [0.05, 0.1) is 0 Å². The number of amides is 1. The molecule has 3 aromatic rings. The van der Waals surface area contributed by atoms with Crippen LogP contribution >= 0.6 is 0 Å². The summed E-state index contributed by atoms with van der Waals surface area (Å²) in [6.45, 7) is 4.64. The lowest BCUT2D eigenvalue weighted by Crippen LogP contribution is -2.25. The van der Waals surface area contributed by atoms with Crippen molar-refractivity contribution in [2.24, 2.45) is 0 Å². The van der Waals surface area contributed by atoms with Gasteiger partial charge in [0.2, 0.25) is 0 Å². The van der Waals surface area contributed by atoms with E-state index in [1.807, 2.05) is 50.2 Å². The zero-order chi connectivity index (χ0) is 15.5. The number of benzene rings is 2. The molecular formula is C18H18N2O2. The first-order chi connectivity index (χ1) is 10.6. The molecule has 0 bridgehead atoms. The molecule has 1 heterocycles. The van der Waals surface area contributed by atoms with Crippen molar-refractivity contribution in [3.8, 4) is 0 Å². The van der Waals surface area contributed by atoms with Gasteiger partial charge in [0.25, 0.3) is 5.91 Å². The molecule has 2 aromatic carbocycles. The van der Waals surface area contributed by atoms with E-state index in [0.29, 0.717) is 12.1 Å². The maximum absolute atomic E-state index is 12.1. The predicted molar refractivity (Wildman–Crippen MR) is 86.0 cm³/mol. The minimum atomic E-state index is -0.0381. The number of hydrogen-bond donors (Lipinski definition) is 1. The standard InChI is InChI=1S/C18H18N2O2/c1-12-3-5-15(9-13(12)2)18(21)19-8-7-14-4-6-16-17(10-14)22-11-20-16/h3-6,9-11H,7-8H2,1-2H3,(H,19,21). The highest BCUT2D eigenvalue weighted by Crippen LogP contribution is 2.14. The normalized spacial score (nSPS) is 10.8. The van der Waals surface area contributed by atoms with Crippen molar-refractivity contribution in [1.82, 2.24) is 10.3 Å². The first-order valence-corrected chi connectivity index (χ1v) is 7.31. The third kappa shape index (κ3) is 3.01. The lowest BCUT2D eigenvalue weighted by atomic mass is 10.1. The number of nitrogens with zero attached hydrogens (tertiary/aromatic N) is 1. The van der Waals surface area contributed by atoms with Gasteiger partial charge in [-0.1, -0.05) is 12.1 Å². The first kappa shape index (κ1) is 14.3. The fourth-order valence-electron chi connectivity index (χ4n) is 2.36. The Morgan fingerprint density at radius 2 is 2.00 bits per heavy atom. The molecule has 0 atom stereocenters. The van der Waals surface area contributed by atoms with Crippen molar-refractivity contribution in [3.63, 3.8) is 0 Å². The van der Waals surface area contributed by atoms with Gasteiger partial charge >= 0.3 is 0 Å². The Hall–Kier alpha value is -2.62. The Labute approximate surface area is 129 Å². The Bertz CT molecular complexity index is 821. The summed E-state index contributed by atoms with van der Waals surface area (Å²) in [5.41, 5.74) is 5.76. The number of fused-ring (bicyclic) bond motifs is 1. The second-order valence-electron chi connectivity index (χ2n) is 5.46. The molecule has 0 radical (unpaired) electrons. The summed E-state index contributed by atoms with van der Waals surface area (Å²) in [6.07, 6.45) is 2.20. The zero-order valence-corrected chi connectivity index (χ0v) is 12.7. The van der Waals surface area contributed by atoms with Crippen LogP contribution in [-0.4, -0.2) is 17.4 Å². The second kappa shape index (κ2) is 6.02. The Morgan fingerprint density at radius 1 is 1.14 bits per heavy atom. The molecule has 1 N–H and O–H groups in total. The van der Waals surface area contributed by atoms with Crippen molar-refractivity contribution in [3.05, 3.63) is 65.0 Å². The molecule has 0 unspecified atom stereocenters. The summed E-state index contributed by atoms with van der Waals surface area (Å²) >= 11 is 0. The number of rotatable bonds is 4. The molecule has 0 spiro atoms. The molecule has 112 valence electrons. The van der Waals surface area contributed by atoms with Crippen LogP contribution in [0.4, 0.5) is 0 Å². The van der Waals surface area contributed by atoms with Crippen LogP contribution in [0.5, 0.6) is 0 Å². The van der Waals surface area contributed by atoms with Crippen LogP contribution < -0.4 is 5.32 Å². The number of aromatic nitrogens is 1. The van der Waals surface area contributed by atoms with Crippen LogP contribution in [0.2, 0.25) is 0 Å². The molecule has 4 heteroatoms. The van der Waals surface area contributed by atoms with Gasteiger partial charge in [0.15, 0.2) is 12.0 Å². The molecular weight excluding hydrogens is 276 g/mol. The summed E-state index contributed by atoms with van der Waals surface area (Å²) in [4.78, 5) is 16.2. The monoisotopic (exact) mass is 294 g/mol. The summed E-state index contributed by atoms with van der Waals surface area (Å²) in [6, 6.07) is 11.7. The zero-order valence-electron chi connectivity index (χ0n) is 12.7. The van der Waals surface area contributed by atoms with Crippen molar-refractivity contribution in [2.75, 3.05) is 6.54 Å². The summed E-state index contributed by atoms with van der Waals surface area (Å²) < 4.78 is 5.28. The molecule has 3 rings (SSSR count). The maximum atomic E-state index is 12.1. The lowest BCUT2D eigenvalue weighted by molar-refractivity contribution is 0.0954. The number of oxazole rings is 1. The van der Waals surface area contributed by atoms with E-state index in [4.69, 9.17) is 4.42 Å². The maximum Gasteiger partial charge on any atom is 0.251 e. The summed E-state index contributed by atoms with van der Waals surface area (Å²) in [5, 5.41) is 2.95. The van der Waals surface area contributed by atoms with E-state index in [9.17, 15) is 4.79 Å². The largest absolute Gasteiger partial charge is 0.443 e. The molecule has 4 nitrogen and oxygen atoms in total. The smallest absolute Gasteiger partial charge is 0.251 e. The first-order valence-electron chi connectivity index (χ1n) is 7.31. The average Bonchev–Trinajstić information content (AvgIpc) is 2.97. The van der Waals surface area contributed by atoms with Crippen LogP contribution in [0, 0.1) is 13.8 Å². The predicted octanol–water partition coefficient (Wildman–Crippen LogP) is 3.42. The van der Waals surface area contributed by atoms with Crippen molar-refractivity contribution >= 4 is 17.0 Å². The van der Waals surface area contributed by atoms with Gasteiger partial charge in [-0.2, -0.15) is 0 Å². The molecule has 0 fully saturated rings. The Morgan fingerprint density at radius 3 is 2.82 bits per heavy atom. The minimum Gasteiger partial charge on any atom is -0.443 e. The van der Waals surface area contributed by atoms with Crippen molar-refractivity contribution < 1.29 is 9.21 Å². The fraction of sp³-hybridized carbons (Fsp3) is 0.222. The van der Waals surface area contributed by atoms with Crippen LogP contribution in [0.15, 0.2) is 47.2 Å². The molecule has 0 saturated heterocycles. The molecule has 0 aliphatic rings. The van der Waals surface area contributed by atoms with Gasteiger partial charge < -0.3 is 9.73 Å². The number of hydrogen-bond acceptors (Lipinski definition) is 3. The van der Waals surface area contributed by atoms with Crippen LogP contribution in [-0.2, 0) is 6.42 Å². The molecule has 0 aliphatic carbocycles. The SMILES string of the molecule is Cc1ccc(C(=O)NCCc2ccc3ncoc3c2)cc1C. The minimum absolute atomic E-state index is 0.0381. The lowest BCUT2D eigenvalue weighted by Gasteiger charge is -2.07. The highest BCUT2D eigenvalue weighted by molar-refractivity contribution is 5.94. The quantitative estimate of drug-likeness (QED) is 0.802. The van der Waals surface area contributed by atoms with Gasteiger partial charge in [-0.3, -0.25) is 4.79 Å².